The predicted octanol–water partition coefficient (Wildman–Crippen LogP) is -0.287. The zero-order valence-electron chi connectivity index (χ0n) is 8.27. The molecule has 0 fully saturated rings. The summed E-state index contributed by atoms with van der Waals surface area (Å²) in [6, 6.07) is 5.85. The molecule has 0 atom stereocenters. The number of aromatic amines is 1. The summed E-state index contributed by atoms with van der Waals surface area (Å²) in [6.07, 6.45) is 5.34. The van der Waals surface area contributed by atoms with Crippen LogP contribution < -0.4 is 10.4 Å². The van der Waals surface area contributed by atoms with Gasteiger partial charge in [0.15, 0.2) is 0 Å². The van der Waals surface area contributed by atoms with Gasteiger partial charge in [-0.05, 0) is 22.6 Å². The molecule has 78 valence electrons. The van der Waals surface area contributed by atoms with Gasteiger partial charge in [0.2, 0.25) is 0 Å². The van der Waals surface area contributed by atoms with E-state index < -0.39 is 0 Å². The number of rotatable bonds is 2. The molecule has 2 rings (SSSR count). The van der Waals surface area contributed by atoms with Crippen LogP contribution >= 0.6 is 0 Å². The second-order valence-corrected chi connectivity index (χ2v) is 3.28. The van der Waals surface area contributed by atoms with Crippen molar-refractivity contribution < 1.29 is 10.2 Å². The molecule has 3 heteroatoms. The third-order valence-electron chi connectivity index (χ3n) is 2.42. The Hall–Kier alpha value is -1.58. The van der Waals surface area contributed by atoms with Gasteiger partial charge in [0.1, 0.15) is 0 Å². The fourth-order valence-electron chi connectivity index (χ4n) is 1.77. The first-order valence-electron chi connectivity index (χ1n) is 4.85. The SMILES string of the molecule is OCC=c1ccc2[nH]ccc2c1=CCO. The first-order chi connectivity index (χ1) is 7.36. The molecule has 0 unspecified atom stereocenters. The fourth-order valence-corrected chi connectivity index (χ4v) is 1.77. The number of hydrogen-bond donors (Lipinski definition) is 3. The topological polar surface area (TPSA) is 56.2 Å². The van der Waals surface area contributed by atoms with Gasteiger partial charge in [-0.3, -0.25) is 0 Å². The summed E-state index contributed by atoms with van der Waals surface area (Å²) in [7, 11) is 0. The molecule has 3 nitrogen and oxygen atoms in total. The zero-order valence-corrected chi connectivity index (χ0v) is 8.27. The van der Waals surface area contributed by atoms with Crippen LogP contribution in [-0.2, 0) is 0 Å². The molecule has 0 bridgehead atoms. The Morgan fingerprint density at radius 1 is 1.07 bits per heavy atom. The molecule has 0 spiro atoms. The van der Waals surface area contributed by atoms with Gasteiger partial charge in [0.25, 0.3) is 0 Å². The van der Waals surface area contributed by atoms with E-state index in [0.29, 0.717) is 0 Å². The highest BCUT2D eigenvalue weighted by Gasteiger charge is 1.96. The molecular weight excluding hydrogens is 190 g/mol. The van der Waals surface area contributed by atoms with Crippen molar-refractivity contribution >= 4 is 23.1 Å². The Morgan fingerprint density at radius 2 is 1.87 bits per heavy atom. The van der Waals surface area contributed by atoms with Crippen LogP contribution in [-0.4, -0.2) is 28.4 Å². The number of H-pyrrole nitrogens is 1. The Morgan fingerprint density at radius 3 is 2.60 bits per heavy atom. The van der Waals surface area contributed by atoms with Gasteiger partial charge in [-0.2, -0.15) is 0 Å². The number of aromatic nitrogens is 1. The molecule has 0 aliphatic carbocycles. The summed E-state index contributed by atoms with van der Waals surface area (Å²) in [5.41, 5.74) is 1.03. The van der Waals surface area contributed by atoms with E-state index in [0.717, 1.165) is 21.3 Å². The summed E-state index contributed by atoms with van der Waals surface area (Å²) < 4.78 is 0. The fraction of sp³-hybridized carbons (Fsp3) is 0.167. The first kappa shape index (κ1) is 9.96. The van der Waals surface area contributed by atoms with E-state index in [1.807, 2.05) is 24.4 Å². The molecule has 15 heavy (non-hydrogen) atoms. The van der Waals surface area contributed by atoms with Crippen LogP contribution in [0.3, 0.4) is 0 Å². The van der Waals surface area contributed by atoms with Gasteiger partial charge in [-0.25, -0.2) is 0 Å². The molecule has 0 aliphatic heterocycles. The van der Waals surface area contributed by atoms with Gasteiger partial charge in [0, 0.05) is 17.1 Å². The molecular formula is C12H13NO2. The summed E-state index contributed by atoms with van der Waals surface area (Å²) in [6.45, 7) is -0.00123. The lowest BCUT2D eigenvalue weighted by Gasteiger charge is -1.94. The molecule has 1 aromatic heterocycles. The van der Waals surface area contributed by atoms with Gasteiger partial charge in [-0.15, -0.1) is 0 Å². The summed E-state index contributed by atoms with van der Waals surface area (Å²) in [5.74, 6) is 0. The number of fused-ring (bicyclic) bond motifs is 1. The highest BCUT2D eigenvalue weighted by molar-refractivity contribution is 5.80. The number of benzene rings is 1. The lowest BCUT2D eigenvalue weighted by Crippen LogP contribution is -2.25. The van der Waals surface area contributed by atoms with Gasteiger partial charge >= 0.3 is 0 Å². The highest BCUT2D eigenvalue weighted by atomic mass is 16.3. The largest absolute Gasteiger partial charge is 0.392 e. The average Bonchev–Trinajstić information content (AvgIpc) is 2.70. The Kier molecular flexibility index (Phi) is 2.85. The quantitative estimate of drug-likeness (QED) is 0.628. The zero-order chi connectivity index (χ0) is 10.7. The van der Waals surface area contributed by atoms with Gasteiger partial charge < -0.3 is 15.2 Å². The van der Waals surface area contributed by atoms with Crippen LogP contribution in [0.15, 0.2) is 24.4 Å². The van der Waals surface area contributed by atoms with Crippen molar-refractivity contribution in [1.82, 2.24) is 4.98 Å². The highest BCUT2D eigenvalue weighted by Crippen LogP contribution is 2.03. The smallest absolute Gasteiger partial charge is 0.0621 e. The van der Waals surface area contributed by atoms with Gasteiger partial charge in [0.05, 0.1) is 13.2 Å². The maximum atomic E-state index is 8.97. The maximum absolute atomic E-state index is 8.97. The number of hydrogen-bond acceptors (Lipinski definition) is 2. The van der Waals surface area contributed by atoms with Crippen LogP contribution in [0.25, 0.3) is 23.1 Å². The number of aliphatic hydroxyl groups excluding tert-OH is 2. The molecule has 0 saturated carbocycles. The van der Waals surface area contributed by atoms with Crippen molar-refractivity contribution in [3.63, 3.8) is 0 Å². The van der Waals surface area contributed by atoms with Gasteiger partial charge in [-0.1, -0.05) is 18.2 Å². The van der Waals surface area contributed by atoms with Crippen molar-refractivity contribution in [3.05, 3.63) is 34.8 Å². The van der Waals surface area contributed by atoms with Crippen LogP contribution in [0, 0.1) is 0 Å². The number of nitrogens with one attached hydrogen (secondary N) is 1. The molecule has 3 N–H and O–H groups in total. The summed E-state index contributed by atoms with van der Waals surface area (Å²) in [5, 5.41) is 20.8. The Labute approximate surface area is 87.0 Å². The van der Waals surface area contributed by atoms with Crippen molar-refractivity contribution in [2.45, 2.75) is 0 Å². The Balaban J connectivity index is 2.88. The number of aliphatic hydroxyl groups is 2. The average molecular weight is 203 g/mol. The second kappa shape index (κ2) is 4.29. The molecule has 0 radical (unpaired) electrons. The minimum absolute atomic E-state index is 0.00218. The van der Waals surface area contributed by atoms with Crippen molar-refractivity contribution in [1.29, 1.82) is 0 Å². The molecule has 0 saturated heterocycles. The van der Waals surface area contributed by atoms with E-state index in [1.165, 1.54) is 0 Å². The van der Waals surface area contributed by atoms with E-state index in [1.54, 1.807) is 12.2 Å². The first-order valence-corrected chi connectivity index (χ1v) is 4.85. The van der Waals surface area contributed by atoms with Crippen molar-refractivity contribution in [3.8, 4) is 0 Å². The third-order valence-corrected chi connectivity index (χ3v) is 2.42. The van der Waals surface area contributed by atoms with E-state index in [-0.39, 0.29) is 13.2 Å². The second-order valence-electron chi connectivity index (χ2n) is 3.28. The molecule has 0 amide bonds. The van der Waals surface area contributed by atoms with E-state index in [2.05, 4.69) is 4.98 Å². The standard InChI is InChI=1S/C12H13NO2/c14-7-4-9-1-2-12-11(3-6-13-12)10(9)5-8-15/h1-6,13-15H,7-8H2. The Bertz CT molecular complexity index is 569. The monoisotopic (exact) mass is 203 g/mol. The van der Waals surface area contributed by atoms with Crippen LogP contribution in [0.2, 0.25) is 0 Å². The third kappa shape index (κ3) is 1.79. The summed E-state index contributed by atoms with van der Waals surface area (Å²) in [4.78, 5) is 3.11. The maximum Gasteiger partial charge on any atom is 0.0621 e. The molecule has 0 aliphatic rings. The lowest BCUT2D eigenvalue weighted by atomic mass is 10.1. The predicted molar refractivity (Wildman–Crippen MR) is 60.7 cm³/mol. The van der Waals surface area contributed by atoms with Crippen molar-refractivity contribution in [2.75, 3.05) is 13.2 Å². The molecule has 1 aromatic carbocycles. The molecule has 2 aromatic rings. The normalized spacial score (nSPS) is 14.0. The molecule has 1 heterocycles. The van der Waals surface area contributed by atoms with Crippen LogP contribution in [0.5, 0.6) is 0 Å². The minimum Gasteiger partial charge on any atom is -0.392 e. The van der Waals surface area contributed by atoms with Crippen LogP contribution in [0.1, 0.15) is 0 Å². The minimum atomic E-state index is -0.00341. The van der Waals surface area contributed by atoms with Crippen molar-refractivity contribution in [2.24, 2.45) is 0 Å². The summed E-state index contributed by atoms with van der Waals surface area (Å²) >= 11 is 0. The van der Waals surface area contributed by atoms with E-state index in [4.69, 9.17) is 10.2 Å². The van der Waals surface area contributed by atoms with E-state index in [9.17, 15) is 0 Å². The lowest BCUT2D eigenvalue weighted by molar-refractivity contribution is 0.353. The van der Waals surface area contributed by atoms with E-state index >= 15 is 0 Å². The van der Waals surface area contributed by atoms with Crippen LogP contribution in [0.4, 0.5) is 0 Å².